The molecule has 160 valence electrons. The molecule has 6 nitrogen and oxygen atoms in total. The van der Waals surface area contributed by atoms with Crippen LogP contribution in [0.15, 0.2) is 33.6 Å². The van der Waals surface area contributed by atoms with Crippen molar-refractivity contribution in [2.45, 2.75) is 73.9 Å². The highest BCUT2D eigenvalue weighted by molar-refractivity contribution is 9.10. The maximum absolute atomic E-state index is 13.3. The number of carbonyl (C=O) groups is 1. The van der Waals surface area contributed by atoms with E-state index in [1.165, 1.54) is 13.1 Å². The fourth-order valence-corrected chi connectivity index (χ4v) is 8.44. The van der Waals surface area contributed by atoms with Crippen molar-refractivity contribution in [3.05, 3.63) is 28.7 Å². The molecule has 0 spiro atoms. The van der Waals surface area contributed by atoms with Gasteiger partial charge in [0.25, 0.3) is 0 Å². The predicted molar refractivity (Wildman–Crippen MR) is 114 cm³/mol. The summed E-state index contributed by atoms with van der Waals surface area (Å²) < 4.78 is 28.0. The molecule has 2 unspecified atom stereocenters. The van der Waals surface area contributed by atoms with Gasteiger partial charge in [0.2, 0.25) is 15.9 Å². The Bertz CT molecular complexity index is 932. The summed E-state index contributed by atoms with van der Waals surface area (Å²) in [6, 6.07) is 6.61. The van der Waals surface area contributed by atoms with Crippen LogP contribution in [0.3, 0.4) is 0 Å². The summed E-state index contributed by atoms with van der Waals surface area (Å²) in [6.45, 7) is 3.26. The number of hydrogen-bond donors (Lipinski definition) is 2. The fourth-order valence-electron chi connectivity index (χ4n) is 6.00. The minimum Gasteiger partial charge on any atom is -0.390 e. The first-order chi connectivity index (χ1) is 13.4. The molecule has 5 rings (SSSR count). The summed E-state index contributed by atoms with van der Waals surface area (Å²) in [7, 11) is -2.43. The molecule has 0 aromatic heterocycles. The number of likely N-dealkylation sites (N-methyl/N-ethyl adjacent to an activating group) is 1. The van der Waals surface area contributed by atoms with E-state index in [0.29, 0.717) is 22.7 Å². The van der Waals surface area contributed by atoms with Gasteiger partial charge in [-0.3, -0.25) is 4.79 Å². The minimum absolute atomic E-state index is 0.132. The quantitative estimate of drug-likeness (QED) is 0.672. The second-order valence-electron chi connectivity index (χ2n) is 9.88. The van der Waals surface area contributed by atoms with Gasteiger partial charge in [-0.15, -0.1) is 0 Å². The second-order valence-corrected chi connectivity index (χ2v) is 12.7. The van der Waals surface area contributed by atoms with Gasteiger partial charge in [-0.2, -0.15) is 4.31 Å². The molecule has 1 aromatic carbocycles. The van der Waals surface area contributed by atoms with Crippen molar-refractivity contribution in [1.82, 2.24) is 9.62 Å². The van der Waals surface area contributed by atoms with Crippen LogP contribution in [0.2, 0.25) is 0 Å². The molecule has 8 heteroatoms. The first kappa shape index (κ1) is 21.3. The van der Waals surface area contributed by atoms with Crippen LogP contribution in [0.4, 0.5) is 0 Å². The third-order valence-corrected chi connectivity index (χ3v) is 10.3. The third-order valence-electron chi connectivity index (χ3n) is 7.23. The molecule has 4 saturated carbocycles. The molecular formula is C21H29BrN2O4S. The molecule has 0 saturated heterocycles. The van der Waals surface area contributed by atoms with E-state index >= 15 is 0 Å². The Morgan fingerprint density at radius 2 is 1.79 bits per heavy atom. The van der Waals surface area contributed by atoms with Crippen LogP contribution < -0.4 is 5.32 Å². The molecule has 1 aromatic rings. The normalized spacial score (nSPS) is 33.9. The third kappa shape index (κ3) is 3.56. The number of halogens is 1. The lowest BCUT2D eigenvalue weighted by Crippen LogP contribution is -2.68. The van der Waals surface area contributed by atoms with E-state index in [-0.39, 0.29) is 10.8 Å². The van der Waals surface area contributed by atoms with Crippen molar-refractivity contribution >= 4 is 31.9 Å². The van der Waals surface area contributed by atoms with E-state index in [1.807, 2.05) is 0 Å². The van der Waals surface area contributed by atoms with E-state index in [0.717, 1.165) is 36.4 Å². The van der Waals surface area contributed by atoms with Gasteiger partial charge in [-0.05, 0) is 92.3 Å². The standard InChI is InChI=1S/C21H29BrN2O4S/c1-19(2,24(3)29(27,28)17-7-5-4-6-16(17)22)18(25)23-20-9-14-8-15(10-20)12-21(26,11-14)13-20/h4-7,14-15,26H,8-13H2,1-3H3,(H,23,25). The van der Waals surface area contributed by atoms with E-state index in [2.05, 4.69) is 21.2 Å². The number of benzene rings is 1. The molecule has 29 heavy (non-hydrogen) atoms. The largest absolute Gasteiger partial charge is 0.390 e. The van der Waals surface area contributed by atoms with Crippen LogP contribution in [-0.2, 0) is 14.8 Å². The zero-order valence-electron chi connectivity index (χ0n) is 17.1. The van der Waals surface area contributed by atoms with E-state index in [9.17, 15) is 18.3 Å². The van der Waals surface area contributed by atoms with E-state index in [1.54, 1.807) is 32.0 Å². The van der Waals surface area contributed by atoms with Crippen LogP contribution in [0.5, 0.6) is 0 Å². The summed E-state index contributed by atoms with van der Waals surface area (Å²) in [5, 5.41) is 14.1. The van der Waals surface area contributed by atoms with Gasteiger partial charge in [0.15, 0.2) is 0 Å². The van der Waals surface area contributed by atoms with Gasteiger partial charge >= 0.3 is 0 Å². The first-order valence-electron chi connectivity index (χ1n) is 10.2. The van der Waals surface area contributed by atoms with Crippen LogP contribution in [0.25, 0.3) is 0 Å². The van der Waals surface area contributed by atoms with Gasteiger partial charge in [0.05, 0.1) is 10.5 Å². The van der Waals surface area contributed by atoms with Gasteiger partial charge < -0.3 is 10.4 Å². The monoisotopic (exact) mass is 484 g/mol. The molecule has 2 N–H and O–H groups in total. The summed E-state index contributed by atoms with van der Waals surface area (Å²) in [5.41, 5.74) is -2.39. The summed E-state index contributed by atoms with van der Waals surface area (Å²) in [4.78, 5) is 13.5. The lowest BCUT2D eigenvalue weighted by Gasteiger charge is -2.60. The molecular weight excluding hydrogens is 456 g/mol. The van der Waals surface area contributed by atoms with Crippen molar-refractivity contribution in [1.29, 1.82) is 0 Å². The van der Waals surface area contributed by atoms with Crippen molar-refractivity contribution < 1.29 is 18.3 Å². The van der Waals surface area contributed by atoms with Gasteiger partial charge in [-0.25, -0.2) is 8.42 Å². The Morgan fingerprint density at radius 3 is 2.34 bits per heavy atom. The highest BCUT2D eigenvalue weighted by Gasteiger charge is 2.58. The summed E-state index contributed by atoms with van der Waals surface area (Å²) >= 11 is 3.30. The van der Waals surface area contributed by atoms with Gasteiger partial charge in [0.1, 0.15) is 5.54 Å². The molecule has 4 fully saturated rings. The Labute approximate surface area is 181 Å². The Hall–Kier alpha value is -0.960. The number of sulfonamides is 1. The topological polar surface area (TPSA) is 86.7 Å². The van der Waals surface area contributed by atoms with Crippen molar-refractivity contribution in [3.8, 4) is 0 Å². The molecule has 1 amide bonds. The Balaban J connectivity index is 1.57. The lowest BCUT2D eigenvalue weighted by atomic mass is 9.51. The van der Waals surface area contributed by atoms with Crippen molar-refractivity contribution in [3.63, 3.8) is 0 Å². The number of amides is 1. The van der Waals surface area contributed by atoms with Crippen molar-refractivity contribution in [2.75, 3.05) is 7.05 Å². The summed E-state index contributed by atoms with van der Waals surface area (Å²) in [6.07, 6.45) is 5.07. The van der Waals surface area contributed by atoms with E-state index < -0.39 is 26.7 Å². The number of aliphatic hydroxyl groups is 1. The highest BCUT2D eigenvalue weighted by atomic mass is 79.9. The first-order valence-corrected chi connectivity index (χ1v) is 12.4. The van der Waals surface area contributed by atoms with Crippen LogP contribution in [-0.4, -0.2) is 47.5 Å². The zero-order chi connectivity index (χ0) is 21.2. The number of hydrogen-bond acceptors (Lipinski definition) is 4. The second kappa shape index (κ2) is 6.77. The Morgan fingerprint density at radius 1 is 1.21 bits per heavy atom. The number of nitrogens with zero attached hydrogens (tertiary/aromatic N) is 1. The predicted octanol–water partition coefficient (Wildman–Crippen LogP) is 3.05. The molecule has 0 heterocycles. The van der Waals surface area contributed by atoms with Gasteiger partial charge in [0, 0.05) is 17.1 Å². The Kier molecular flexibility index (Phi) is 4.97. The molecule has 0 radical (unpaired) electrons. The minimum atomic E-state index is -3.87. The van der Waals surface area contributed by atoms with Crippen LogP contribution in [0, 0.1) is 11.8 Å². The lowest BCUT2D eigenvalue weighted by molar-refractivity contribution is -0.154. The zero-order valence-corrected chi connectivity index (χ0v) is 19.5. The highest BCUT2D eigenvalue weighted by Crippen LogP contribution is 2.57. The van der Waals surface area contributed by atoms with Crippen LogP contribution in [0.1, 0.15) is 52.4 Å². The fraction of sp³-hybridized carbons (Fsp3) is 0.667. The average Bonchev–Trinajstić information content (AvgIpc) is 2.58. The molecule has 4 aliphatic carbocycles. The maximum atomic E-state index is 13.3. The molecule has 4 bridgehead atoms. The van der Waals surface area contributed by atoms with E-state index in [4.69, 9.17) is 0 Å². The van der Waals surface area contributed by atoms with Crippen molar-refractivity contribution in [2.24, 2.45) is 11.8 Å². The molecule has 4 aliphatic rings. The molecule has 2 atom stereocenters. The smallest absolute Gasteiger partial charge is 0.244 e. The summed E-state index contributed by atoms with van der Waals surface area (Å²) in [5.74, 6) is 0.555. The van der Waals surface area contributed by atoms with Gasteiger partial charge in [-0.1, -0.05) is 12.1 Å². The molecule has 0 aliphatic heterocycles. The average molecular weight is 485 g/mol. The number of rotatable bonds is 5. The SMILES string of the molecule is CN(C(C)(C)C(=O)NC12CC3CC(CC(O)(C3)C1)C2)S(=O)(=O)c1ccccc1Br. The number of nitrogens with one attached hydrogen (secondary N) is 1. The van der Waals surface area contributed by atoms with Crippen LogP contribution >= 0.6 is 15.9 Å². The maximum Gasteiger partial charge on any atom is 0.244 e. The number of carbonyl (C=O) groups excluding carboxylic acids is 1.